The van der Waals surface area contributed by atoms with Crippen LogP contribution in [0.4, 0.5) is 13.2 Å². The number of aromatic nitrogens is 1. The molecule has 0 radical (unpaired) electrons. The van der Waals surface area contributed by atoms with Gasteiger partial charge in [0.25, 0.3) is 5.91 Å². The normalized spacial score (nSPS) is 13.5. The lowest BCUT2D eigenvalue weighted by Gasteiger charge is -2.14. The first-order valence-electron chi connectivity index (χ1n) is 4.29. The minimum absolute atomic E-state index is 0.00758. The maximum absolute atomic E-state index is 11.9. The van der Waals surface area contributed by atoms with E-state index in [1.54, 1.807) is 0 Å². The molecule has 0 saturated carbocycles. The van der Waals surface area contributed by atoms with Crippen LogP contribution in [-0.4, -0.2) is 34.8 Å². The number of aromatic amines is 1. The second-order valence-corrected chi connectivity index (χ2v) is 3.90. The number of rotatable bonds is 3. The van der Waals surface area contributed by atoms with Crippen molar-refractivity contribution in [1.82, 2.24) is 10.3 Å². The van der Waals surface area contributed by atoms with Crippen LogP contribution in [0.1, 0.15) is 10.5 Å². The van der Waals surface area contributed by atoms with Gasteiger partial charge in [-0.3, -0.25) is 4.79 Å². The summed E-state index contributed by atoms with van der Waals surface area (Å²) in [5.74, 6) is -0.845. The van der Waals surface area contributed by atoms with Crippen LogP contribution in [0, 0.1) is 0 Å². The minimum Gasteiger partial charge on any atom is -0.382 e. The first kappa shape index (κ1) is 14.1. The van der Waals surface area contributed by atoms with Crippen molar-refractivity contribution in [3.63, 3.8) is 0 Å². The number of H-pyrrole nitrogens is 1. The number of aliphatic hydroxyl groups is 1. The Bertz CT molecular complexity index is 400. The summed E-state index contributed by atoms with van der Waals surface area (Å²) < 4.78 is 35.8. The predicted molar refractivity (Wildman–Crippen MR) is 55.2 cm³/mol. The number of carbonyl (C=O) groups excluding carboxylic acids is 1. The van der Waals surface area contributed by atoms with E-state index >= 15 is 0 Å². The molecule has 9 heteroatoms. The molecule has 4 nitrogen and oxygen atoms in total. The zero-order valence-electron chi connectivity index (χ0n) is 8.11. The third-order valence-electron chi connectivity index (χ3n) is 1.80. The number of nitrogens with one attached hydrogen (secondary N) is 2. The van der Waals surface area contributed by atoms with Gasteiger partial charge < -0.3 is 15.4 Å². The molecule has 1 unspecified atom stereocenters. The molecular formula is C8H7Cl2F3N2O2. The standard InChI is InChI=1S/C8H7Cl2F3N2O2/c9-3-1-4(15-6(3)10)7(17)14-2-5(16)8(11,12)13/h1,5,15-16H,2H2,(H,14,17). The van der Waals surface area contributed by atoms with Crippen molar-refractivity contribution in [2.75, 3.05) is 6.54 Å². The molecule has 1 atom stereocenters. The monoisotopic (exact) mass is 290 g/mol. The summed E-state index contributed by atoms with van der Waals surface area (Å²) in [7, 11) is 0. The summed E-state index contributed by atoms with van der Waals surface area (Å²) in [6, 6.07) is 1.17. The summed E-state index contributed by atoms with van der Waals surface area (Å²) in [4.78, 5) is 13.7. The number of aliphatic hydroxyl groups excluding tert-OH is 1. The Hall–Kier alpha value is -0.920. The third-order valence-corrected chi connectivity index (χ3v) is 2.50. The Balaban J connectivity index is 2.56. The predicted octanol–water partition coefficient (Wildman–Crippen LogP) is 1.97. The molecule has 0 aliphatic carbocycles. The Kier molecular flexibility index (Phi) is 4.29. The topological polar surface area (TPSA) is 65.1 Å². The molecule has 0 aliphatic rings. The Morgan fingerprint density at radius 2 is 2.12 bits per heavy atom. The van der Waals surface area contributed by atoms with Gasteiger partial charge in [0.1, 0.15) is 10.8 Å². The van der Waals surface area contributed by atoms with E-state index in [0.717, 1.165) is 0 Å². The summed E-state index contributed by atoms with van der Waals surface area (Å²) in [5, 5.41) is 10.6. The van der Waals surface area contributed by atoms with E-state index < -0.39 is 24.7 Å². The number of hydrogen-bond donors (Lipinski definition) is 3. The van der Waals surface area contributed by atoms with Gasteiger partial charge in [0.15, 0.2) is 6.10 Å². The number of halogens is 5. The average molecular weight is 291 g/mol. The summed E-state index contributed by atoms with van der Waals surface area (Å²) in [6.45, 7) is -0.948. The third kappa shape index (κ3) is 3.79. The zero-order chi connectivity index (χ0) is 13.2. The fraction of sp³-hybridized carbons (Fsp3) is 0.375. The van der Waals surface area contributed by atoms with Gasteiger partial charge in [0.05, 0.1) is 11.6 Å². The Labute approximate surface area is 104 Å². The van der Waals surface area contributed by atoms with Crippen LogP contribution in [0.5, 0.6) is 0 Å². The van der Waals surface area contributed by atoms with E-state index in [0.29, 0.717) is 0 Å². The molecule has 0 spiro atoms. The van der Waals surface area contributed by atoms with Crippen LogP contribution in [-0.2, 0) is 0 Å². The molecule has 0 saturated heterocycles. The molecular weight excluding hydrogens is 284 g/mol. The van der Waals surface area contributed by atoms with Gasteiger partial charge in [0, 0.05) is 0 Å². The van der Waals surface area contributed by atoms with Crippen LogP contribution < -0.4 is 5.32 Å². The van der Waals surface area contributed by atoms with E-state index in [1.165, 1.54) is 6.07 Å². The van der Waals surface area contributed by atoms with Crippen LogP contribution in [0.3, 0.4) is 0 Å². The molecule has 3 N–H and O–H groups in total. The van der Waals surface area contributed by atoms with Crippen LogP contribution in [0.25, 0.3) is 0 Å². The fourth-order valence-corrected chi connectivity index (χ4v) is 1.24. The van der Waals surface area contributed by atoms with Crippen LogP contribution in [0.2, 0.25) is 10.2 Å². The van der Waals surface area contributed by atoms with Gasteiger partial charge in [-0.05, 0) is 6.07 Å². The molecule has 1 amide bonds. The number of amides is 1. The van der Waals surface area contributed by atoms with E-state index in [-0.39, 0.29) is 15.9 Å². The van der Waals surface area contributed by atoms with Crippen molar-refractivity contribution >= 4 is 29.1 Å². The lowest BCUT2D eigenvalue weighted by Crippen LogP contribution is -2.40. The first-order valence-corrected chi connectivity index (χ1v) is 5.04. The van der Waals surface area contributed by atoms with Crippen molar-refractivity contribution in [2.24, 2.45) is 0 Å². The molecule has 0 bridgehead atoms. The highest BCUT2D eigenvalue weighted by molar-refractivity contribution is 6.41. The van der Waals surface area contributed by atoms with Gasteiger partial charge in [-0.25, -0.2) is 0 Å². The molecule has 1 rings (SSSR count). The maximum Gasteiger partial charge on any atom is 0.416 e. The van der Waals surface area contributed by atoms with Crippen molar-refractivity contribution in [1.29, 1.82) is 0 Å². The smallest absolute Gasteiger partial charge is 0.382 e. The fourth-order valence-electron chi connectivity index (χ4n) is 0.927. The van der Waals surface area contributed by atoms with Crippen molar-refractivity contribution in [3.05, 3.63) is 21.9 Å². The molecule has 1 aromatic rings. The van der Waals surface area contributed by atoms with Crippen molar-refractivity contribution in [3.8, 4) is 0 Å². The summed E-state index contributed by atoms with van der Waals surface area (Å²) >= 11 is 11.0. The van der Waals surface area contributed by atoms with E-state index in [9.17, 15) is 18.0 Å². The number of alkyl halides is 3. The van der Waals surface area contributed by atoms with Crippen LogP contribution >= 0.6 is 23.2 Å². The largest absolute Gasteiger partial charge is 0.416 e. The second kappa shape index (κ2) is 5.16. The van der Waals surface area contributed by atoms with Gasteiger partial charge in [-0.1, -0.05) is 23.2 Å². The van der Waals surface area contributed by atoms with Crippen molar-refractivity contribution in [2.45, 2.75) is 12.3 Å². The molecule has 1 heterocycles. The van der Waals surface area contributed by atoms with E-state index in [4.69, 9.17) is 28.3 Å². The quantitative estimate of drug-likeness (QED) is 0.797. The van der Waals surface area contributed by atoms with Gasteiger partial charge in [-0.2, -0.15) is 13.2 Å². The van der Waals surface area contributed by atoms with Gasteiger partial charge in [-0.15, -0.1) is 0 Å². The Morgan fingerprint density at radius 3 is 2.53 bits per heavy atom. The minimum atomic E-state index is -4.78. The highest BCUT2D eigenvalue weighted by Crippen LogP contribution is 2.22. The SMILES string of the molecule is O=C(NCC(O)C(F)(F)F)c1cc(Cl)c(Cl)[nH]1. The van der Waals surface area contributed by atoms with Crippen molar-refractivity contribution < 1.29 is 23.1 Å². The van der Waals surface area contributed by atoms with E-state index in [1.807, 2.05) is 5.32 Å². The molecule has 0 aromatic carbocycles. The molecule has 96 valence electrons. The molecule has 1 aromatic heterocycles. The Morgan fingerprint density at radius 1 is 1.53 bits per heavy atom. The van der Waals surface area contributed by atoms with Gasteiger partial charge in [0.2, 0.25) is 0 Å². The highest BCUT2D eigenvalue weighted by Gasteiger charge is 2.38. The van der Waals surface area contributed by atoms with Crippen LogP contribution in [0.15, 0.2) is 6.07 Å². The summed E-state index contributed by atoms with van der Waals surface area (Å²) in [5.41, 5.74) is -0.0885. The lowest BCUT2D eigenvalue weighted by molar-refractivity contribution is -0.201. The van der Waals surface area contributed by atoms with E-state index in [2.05, 4.69) is 4.98 Å². The average Bonchev–Trinajstić information content (AvgIpc) is 2.54. The molecule has 0 aliphatic heterocycles. The maximum atomic E-state index is 11.9. The highest BCUT2D eigenvalue weighted by atomic mass is 35.5. The lowest BCUT2D eigenvalue weighted by atomic mass is 10.3. The second-order valence-electron chi connectivity index (χ2n) is 3.11. The number of carbonyl (C=O) groups is 1. The molecule has 17 heavy (non-hydrogen) atoms. The number of hydrogen-bond acceptors (Lipinski definition) is 2. The first-order chi connectivity index (χ1) is 7.71. The zero-order valence-corrected chi connectivity index (χ0v) is 9.62. The van der Waals surface area contributed by atoms with Gasteiger partial charge >= 0.3 is 6.18 Å². The molecule has 0 fully saturated rings. The summed E-state index contributed by atoms with van der Waals surface area (Å²) in [6.07, 6.45) is -7.40.